The third-order valence-electron chi connectivity index (χ3n) is 1.05. The fraction of sp³-hybridized carbons (Fsp3) is 0.333. The van der Waals surface area contributed by atoms with Crippen LogP contribution in [0.5, 0.6) is 0 Å². The molecule has 2 nitrogen and oxygen atoms in total. The number of aromatic nitrogens is 2. The van der Waals surface area contributed by atoms with Gasteiger partial charge in [-0.25, -0.2) is 0 Å². The summed E-state index contributed by atoms with van der Waals surface area (Å²) in [4.78, 5) is 0. The number of hydrogen-bond donors (Lipinski definition) is 0. The van der Waals surface area contributed by atoms with Gasteiger partial charge in [-0.2, -0.15) is 5.10 Å². The molecule has 0 aliphatic heterocycles. The molecule has 0 spiro atoms. The van der Waals surface area contributed by atoms with Crippen LogP contribution in [0.4, 0.5) is 0 Å². The highest BCUT2D eigenvalue weighted by atomic mass is 15.2. The van der Waals surface area contributed by atoms with Crippen LogP contribution < -0.4 is 0 Å². The second-order valence-electron chi connectivity index (χ2n) is 1.77. The van der Waals surface area contributed by atoms with Crippen molar-refractivity contribution in [2.75, 3.05) is 0 Å². The lowest BCUT2D eigenvalue weighted by Crippen LogP contribution is -1.84. The Bertz CT molecular complexity index is 167. The van der Waals surface area contributed by atoms with Crippen molar-refractivity contribution in [1.82, 2.24) is 9.78 Å². The topological polar surface area (TPSA) is 17.8 Å². The lowest BCUT2D eigenvalue weighted by Gasteiger charge is -1.81. The van der Waals surface area contributed by atoms with Crippen LogP contribution in [0, 0.1) is 6.92 Å². The fourth-order valence-corrected chi connectivity index (χ4v) is 0.601. The van der Waals surface area contributed by atoms with Crippen molar-refractivity contribution in [2.24, 2.45) is 7.05 Å². The van der Waals surface area contributed by atoms with Gasteiger partial charge in [0.2, 0.25) is 0 Å². The van der Waals surface area contributed by atoms with Crippen LogP contribution >= 0.6 is 0 Å². The Balaban J connectivity index is 2.84. The Morgan fingerprint density at radius 1 is 1.88 bits per heavy atom. The first kappa shape index (κ1) is 5.35. The SMILES string of the molecule is [CH2]Cc1cnn(C)c1. The number of nitrogens with zero attached hydrogens (tertiary/aromatic N) is 2. The average Bonchev–Trinajstić information content (AvgIpc) is 2.14. The summed E-state index contributed by atoms with van der Waals surface area (Å²) in [5.41, 5.74) is 1.19. The molecule has 0 aliphatic rings. The Kier molecular flexibility index (Phi) is 1.33. The lowest BCUT2D eigenvalue weighted by molar-refractivity contribution is 0.767. The van der Waals surface area contributed by atoms with Crippen molar-refractivity contribution < 1.29 is 0 Å². The van der Waals surface area contributed by atoms with Crippen LogP contribution in [0.1, 0.15) is 5.56 Å². The first-order chi connectivity index (χ1) is 3.83. The molecule has 0 unspecified atom stereocenters. The predicted octanol–water partition coefficient (Wildman–Crippen LogP) is 0.797. The van der Waals surface area contributed by atoms with Crippen LogP contribution in [0.15, 0.2) is 12.4 Å². The van der Waals surface area contributed by atoms with E-state index in [2.05, 4.69) is 12.0 Å². The van der Waals surface area contributed by atoms with Gasteiger partial charge in [0, 0.05) is 13.2 Å². The zero-order chi connectivity index (χ0) is 5.98. The second kappa shape index (κ2) is 1.99. The lowest BCUT2D eigenvalue weighted by atomic mass is 10.3. The summed E-state index contributed by atoms with van der Waals surface area (Å²) in [6.45, 7) is 3.72. The van der Waals surface area contributed by atoms with Gasteiger partial charge < -0.3 is 0 Å². The minimum absolute atomic E-state index is 0.827. The van der Waals surface area contributed by atoms with Crippen LogP contribution in [-0.2, 0) is 13.5 Å². The van der Waals surface area contributed by atoms with Gasteiger partial charge in [-0.15, -0.1) is 0 Å². The van der Waals surface area contributed by atoms with Gasteiger partial charge >= 0.3 is 0 Å². The highest BCUT2D eigenvalue weighted by molar-refractivity contribution is 5.03. The molecule has 0 atom stereocenters. The van der Waals surface area contributed by atoms with Crippen molar-refractivity contribution in [3.05, 3.63) is 24.9 Å². The maximum absolute atomic E-state index is 3.96. The molecular weight excluding hydrogens is 100 g/mol. The van der Waals surface area contributed by atoms with Crippen molar-refractivity contribution in [1.29, 1.82) is 0 Å². The fourth-order valence-electron chi connectivity index (χ4n) is 0.601. The molecule has 0 aliphatic carbocycles. The van der Waals surface area contributed by atoms with E-state index in [9.17, 15) is 0 Å². The summed E-state index contributed by atoms with van der Waals surface area (Å²) in [6, 6.07) is 0. The molecular formula is C6H9N2. The van der Waals surface area contributed by atoms with Crippen LogP contribution in [0.25, 0.3) is 0 Å². The molecule has 1 heterocycles. The van der Waals surface area contributed by atoms with E-state index < -0.39 is 0 Å². The van der Waals surface area contributed by atoms with Gasteiger partial charge in [-0.1, -0.05) is 0 Å². The van der Waals surface area contributed by atoms with Gasteiger partial charge in [0.05, 0.1) is 6.20 Å². The van der Waals surface area contributed by atoms with Gasteiger partial charge in [0.25, 0.3) is 0 Å². The summed E-state index contributed by atoms with van der Waals surface area (Å²) >= 11 is 0. The van der Waals surface area contributed by atoms with E-state index in [1.807, 2.05) is 19.4 Å². The van der Waals surface area contributed by atoms with Crippen molar-refractivity contribution in [3.8, 4) is 0 Å². The molecule has 2 heteroatoms. The minimum Gasteiger partial charge on any atom is -0.276 e. The third-order valence-corrected chi connectivity index (χ3v) is 1.05. The number of hydrogen-bond acceptors (Lipinski definition) is 1. The number of rotatable bonds is 1. The summed E-state index contributed by atoms with van der Waals surface area (Å²) in [5, 5.41) is 3.96. The predicted molar refractivity (Wildman–Crippen MR) is 32.3 cm³/mol. The molecule has 0 aromatic carbocycles. The normalized spacial score (nSPS) is 9.75. The summed E-state index contributed by atoms with van der Waals surface area (Å²) in [5.74, 6) is 0. The zero-order valence-corrected chi connectivity index (χ0v) is 4.96. The van der Waals surface area contributed by atoms with E-state index in [1.54, 1.807) is 4.68 Å². The summed E-state index contributed by atoms with van der Waals surface area (Å²) in [7, 11) is 1.90. The average molecular weight is 109 g/mol. The van der Waals surface area contributed by atoms with E-state index in [0.29, 0.717) is 0 Å². The Hall–Kier alpha value is -0.790. The molecule has 0 saturated carbocycles. The van der Waals surface area contributed by atoms with Crippen LogP contribution in [-0.4, -0.2) is 9.78 Å². The van der Waals surface area contributed by atoms with E-state index >= 15 is 0 Å². The molecule has 1 rings (SSSR count). The molecule has 1 aromatic heterocycles. The van der Waals surface area contributed by atoms with Crippen LogP contribution in [0.3, 0.4) is 0 Å². The quantitative estimate of drug-likeness (QED) is 0.521. The van der Waals surface area contributed by atoms with Crippen LogP contribution in [0.2, 0.25) is 0 Å². The third kappa shape index (κ3) is 0.886. The van der Waals surface area contributed by atoms with Crippen molar-refractivity contribution in [2.45, 2.75) is 6.42 Å². The largest absolute Gasteiger partial charge is 0.276 e. The van der Waals surface area contributed by atoms with Gasteiger partial charge in [-0.05, 0) is 18.9 Å². The highest BCUT2D eigenvalue weighted by Gasteiger charge is 1.87. The molecule has 43 valence electrons. The maximum Gasteiger partial charge on any atom is 0.0521 e. The molecule has 1 radical (unpaired) electrons. The zero-order valence-electron chi connectivity index (χ0n) is 4.96. The number of aryl methyl sites for hydroxylation is 1. The van der Waals surface area contributed by atoms with E-state index in [1.165, 1.54) is 5.56 Å². The van der Waals surface area contributed by atoms with E-state index in [-0.39, 0.29) is 0 Å². The standard InChI is InChI=1S/C6H9N2/c1-3-6-4-7-8(2)5-6/h4-5H,1,3H2,2H3. The molecule has 0 N–H and O–H groups in total. The van der Waals surface area contributed by atoms with Gasteiger partial charge in [0.1, 0.15) is 0 Å². The molecule has 8 heavy (non-hydrogen) atoms. The van der Waals surface area contributed by atoms with Gasteiger partial charge in [-0.3, -0.25) is 4.68 Å². The van der Waals surface area contributed by atoms with E-state index in [4.69, 9.17) is 0 Å². The first-order valence-electron chi connectivity index (χ1n) is 2.59. The summed E-state index contributed by atoms with van der Waals surface area (Å²) in [6.07, 6.45) is 4.62. The molecule has 0 saturated heterocycles. The minimum atomic E-state index is 0.827. The smallest absolute Gasteiger partial charge is 0.0521 e. The monoisotopic (exact) mass is 109 g/mol. The molecule has 0 bridgehead atoms. The highest BCUT2D eigenvalue weighted by Crippen LogP contribution is 1.94. The molecule has 0 amide bonds. The summed E-state index contributed by atoms with van der Waals surface area (Å²) < 4.78 is 1.78. The van der Waals surface area contributed by atoms with Gasteiger partial charge in [0.15, 0.2) is 0 Å². The maximum atomic E-state index is 3.96. The van der Waals surface area contributed by atoms with Crippen molar-refractivity contribution >= 4 is 0 Å². The molecule has 0 fully saturated rings. The second-order valence-corrected chi connectivity index (χ2v) is 1.77. The van der Waals surface area contributed by atoms with Crippen molar-refractivity contribution in [3.63, 3.8) is 0 Å². The Labute approximate surface area is 49.1 Å². The van der Waals surface area contributed by atoms with E-state index in [0.717, 1.165) is 6.42 Å². The Morgan fingerprint density at radius 3 is 2.88 bits per heavy atom. The Morgan fingerprint density at radius 2 is 2.62 bits per heavy atom. The molecule has 1 aromatic rings. The first-order valence-corrected chi connectivity index (χ1v) is 2.59.